The van der Waals surface area contributed by atoms with E-state index in [1.807, 2.05) is 6.07 Å². The van der Waals surface area contributed by atoms with Crippen molar-refractivity contribution in [3.8, 4) is 32.3 Å². The second-order valence-corrected chi connectivity index (χ2v) is 6.74. The Kier molecular flexibility index (Phi) is 3.97. The molecule has 1 nitrogen and oxygen atoms in total. The molecular formula is C22H17NS. The van der Waals surface area contributed by atoms with Gasteiger partial charge in [0.05, 0.1) is 10.6 Å². The molecule has 0 aliphatic rings. The summed E-state index contributed by atoms with van der Waals surface area (Å²) in [6.07, 6.45) is 0. The maximum atomic E-state index is 5.01. The Morgan fingerprint density at radius 3 is 1.92 bits per heavy atom. The van der Waals surface area contributed by atoms with Crippen LogP contribution in [0.3, 0.4) is 0 Å². The van der Waals surface area contributed by atoms with Crippen LogP contribution < -0.4 is 0 Å². The highest BCUT2D eigenvalue weighted by atomic mass is 32.1. The van der Waals surface area contributed by atoms with Crippen LogP contribution in [0.15, 0.2) is 84.9 Å². The predicted molar refractivity (Wildman–Crippen MR) is 103 cm³/mol. The lowest BCUT2D eigenvalue weighted by Gasteiger charge is -2.02. The van der Waals surface area contributed by atoms with Gasteiger partial charge in [0.2, 0.25) is 0 Å². The summed E-state index contributed by atoms with van der Waals surface area (Å²) in [6, 6.07) is 29.4. The van der Waals surface area contributed by atoms with E-state index in [-0.39, 0.29) is 0 Å². The number of nitrogens with zero attached hydrogens (tertiary/aromatic N) is 1. The third-order valence-corrected chi connectivity index (χ3v) is 5.22. The molecule has 1 heterocycles. The number of benzene rings is 3. The minimum Gasteiger partial charge on any atom is -0.235 e. The molecule has 116 valence electrons. The van der Waals surface area contributed by atoms with Crippen LogP contribution in [0.5, 0.6) is 0 Å². The van der Waals surface area contributed by atoms with Crippen molar-refractivity contribution in [2.45, 2.75) is 6.92 Å². The number of hydrogen-bond acceptors (Lipinski definition) is 2. The Hall–Kier alpha value is -2.71. The predicted octanol–water partition coefficient (Wildman–Crippen LogP) is 6.45. The summed E-state index contributed by atoms with van der Waals surface area (Å²) in [5.74, 6) is 0. The molecule has 24 heavy (non-hydrogen) atoms. The molecule has 0 radical (unpaired) electrons. The van der Waals surface area contributed by atoms with Crippen molar-refractivity contribution < 1.29 is 0 Å². The summed E-state index contributed by atoms with van der Waals surface area (Å²) in [6.45, 7) is 2.14. The van der Waals surface area contributed by atoms with E-state index in [4.69, 9.17) is 4.98 Å². The van der Waals surface area contributed by atoms with E-state index in [0.29, 0.717) is 0 Å². The van der Waals surface area contributed by atoms with Crippen molar-refractivity contribution in [1.29, 1.82) is 0 Å². The summed E-state index contributed by atoms with van der Waals surface area (Å²) in [5.41, 5.74) is 5.90. The van der Waals surface area contributed by atoms with Crippen molar-refractivity contribution in [2.24, 2.45) is 0 Å². The monoisotopic (exact) mass is 327 g/mol. The van der Waals surface area contributed by atoms with Crippen molar-refractivity contribution in [2.75, 3.05) is 0 Å². The lowest BCUT2D eigenvalue weighted by Crippen LogP contribution is -1.83. The molecule has 2 heteroatoms. The van der Waals surface area contributed by atoms with Gasteiger partial charge in [-0.3, -0.25) is 0 Å². The number of aryl methyl sites for hydroxylation is 1. The van der Waals surface area contributed by atoms with Gasteiger partial charge in [0.25, 0.3) is 0 Å². The van der Waals surface area contributed by atoms with Crippen LogP contribution >= 0.6 is 11.3 Å². The summed E-state index contributed by atoms with van der Waals surface area (Å²) >= 11 is 1.76. The smallest absolute Gasteiger partial charge is 0.124 e. The van der Waals surface area contributed by atoms with E-state index in [1.165, 1.54) is 21.6 Å². The number of aromatic nitrogens is 1. The Balaban J connectivity index is 1.94. The molecule has 0 saturated carbocycles. The molecule has 0 aliphatic carbocycles. The maximum absolute atomic E-state index is 5.01. The number of thiazole rings is 1. The summed E-state index contributed by atoms with van der Waals surface area (Å²) in [4.78, 5) is 6.23. The lowest BCUT2D eigenvalue weighted by molar-refractivity contribution is 1.37. The Bertz CT molecular complexity index is 899. The lowest BCUT2D eigenvalue weighted by atomic mass is 10.1. The van der Waals surface area contributed by atoms with Gasteiger partial charge in [0, 0.05) is 11.1 Å². The van der Waals surface area contributed by atoms with Crippen molar-refractivity contribution in [3.63, 3.8) is 0 Å². The van der Waals surface area contributed by atoms with Crippen LogP contribution in [0.25, 0.3) is 32.3 Å². The quantitative estimate of drug-likeness (QED) is 0.421. The fourth-order valence-electron chi connectivity index (χ4n) is 2.83. The normalized spacial score (nSPS) is 10.7. The van der Waals surface area contributed by atoms with E-state index < -0.39 is 0 Å². The molecule has 0 spiro atoms. The maximum Gasteiger partial charge on any atom is 0.124 e. The van der Waals surface area contributed by atoms with Gasteiger partial charge < -0.3 is 0 Å². The van der Waals surface area contributed by atoms with Crippen LogP contribution in [-0.2, 0) is 0 Å². The van der Waals surface area contributed by atoms with Crippen LogP contribution in [0.1, 0.15) is 5.56 Å². The Morgan fingerprint density at radius 1 is 0.667 bits per heavy atom. The molecule has 0 N–H and O–H groups in total. The fraction of sp³-hybridized carbons (Fsp3) is 0.0455. The molecule has 4 aromatic rings. The summed E-state index contributed by atoms with van der Waals surface area (Å²) in [7, 11) is 0. The zero-order valence-electron chi connectivity index (χ0n) is 13.4. The molecule has 1 aromatic heterocycles. The van der Waals surface area contributed by atoms with Crippen LogP contribution in [0, 0.1) is 6.92 Å². The second-order valence-electron chi connectivity index (χ2n) is 5.74. The van der Waals surface area contributed by atoms with Crippen LogP contribution in [0.4, 0.5) is 0 Å². The Labute approximate surface area is 146 Å². The van der Waals surface area contributed by atoms with Gasteiger partial charge in [-0.2, -0.15) is 0 Å². The first-order valence-corrected chi connectivity index (χ1v) is 8.82. The van der Waals surface area contributed by atoms with Crippen molar-refractivity contribution in [3.05, 3.63) is 90.5 Å². The molecule has 0 amide bonds. The number of hydrogen-bond donors (Lipinski definition) is 0. The Morgan fingerprint density at radius 2 is 1.25 bits per heavy atom. The SMILES string of the molecule is Cc1ccccc1-c1nc(-c2ccccc2)c(-c2ccccc2)s1. The molecular weight excluding hydrogens is 310 g/mol. The molecule has 3 aromatic carbocycles. The fourth-order valence-corrected chi connectivity index (χ4v) is 4.01. The highest BCUT2D eigenvalue weighted by Crippen LogP contribution is 2.41. The van der Waals surface area contributed by atoms with Gasteiger partial charge in [0.1, 0.15) is 5.01 Å². The topological polar surface area (TPSA) is 12.9 Å². The van der Waals surface area contributed by atoms with Gasteiger partial charge in [-0.1, -0.05) is 84.9 Å². The first-order chi connectivity index (χ1) is 11.8. The molecule has 0 saturated heterocycles. The largest absolute Gasteiger partial charge is 0.235 e. The van der Waals surface area contributed by atoms with E-state index in [9.17, 15) is 0 Å². The van der Waals surface area contributed by atoms with E-state index in [1.54, 1.807) is 11.3 Å². The molecule has 0 atom stereocenters. The standard InChI is InChI=1S/C22H17NS/c1-16-10-8-9-15-19(16)22-23-20(17-11-4-2-5-12-17)21(24-22)18-13-6-3-7-14-18/h2-15H,1H3. The van der Waals surface area contributed by atoms with Gasteiger partial charge in [0.15, 0.2) is 0 Å². The molecule has 0 fully saturated rings. The first-order valence-electron chi connectivity index (χ1n) is 8.00. The zero-order valence-corrected chi connectivity index (χ0v) is 14.3. The third-order valence-electron chi connectivity index (χ3n) is 4.09. The molecule has 4 rings (SSSR count). The summed E-state index contributed by atoms with van der Waals surface area (Å²) in [5, 5.41) is 1.07. The van der Waals surface area contributed by atoms with Crippen molar-refractivity contribution >= 4 is 11.3 Å². The average molecular weight is 327 g/mol. The second kappa shape index (κ2) is 6.42. The highest BCUT2D eigenvalue weighted by molar-refractivity contribution is 7.19. The van der Waals surface area contributed by atoms with Gasteiger partial charge in [-0.25, -0.2) is 4.98 Å². The van der Waals surface area contributed by atoms with Crippen molar-refractivity contribution in [1.82, 2.24) is 4.98 Å². The van der Waals surface area contributed by atoms with E-state index in [2.05, 4.69) is 85.8 Å². The average Bonchev–Trinajstić information content (AvgIpc) is 3.09. The third kappa shape index (κ3) is 2.77. The molecule has 0 bridgehead atoms. The zero-order chi connectivity index (χ0) is 16.4. The van der Waals surface area contributed by atoms with Crippen LogP contribution in [0.2, 0.25) is 0 Å². The van der Waals surface area contributed by atoms with Gasteiger partial charge >= 0.3 is 0 Å². The van der Waals surface area contributed by atoms with E-state index >= 15 is 0 Å². The molecule has 0 aliphatic heterocycles. The first kappa shape index (κ1) is 14.9. The number of rotatable bonds is 3. The highest BCUT2D eigenvalue weighted by Gasteiger charge is 2.16. The minimum absolute atomic E-state index is 1.06. The van der Waals surface area contributed by atoms with Gasteiger partial charge in [-0.15, -0.1) is 11.3 Å². The van der Waals surface area contributed by atoms with E-state index in [0.717, 1.165) is 16.3 Å². The van der Waals surface area contributed by atoms with Gasteiger partial charge in [-0.05, 0) is 18.1 Å². The van der Waals surface area contributed by atoms with Crippen LogP contribution in [-0.4, -0.2) is 4.98 Å². The molecule has 0 unspecified atom stereocenters. The summed E-state index contributed by atoms with van der Waals surface area (Å²) < 4.78 is 0. The minimum atomic E-state index is 1.06.